The van der Waals surface area contributed by atoms with Crippen LogP contribution in [0.25, 0.3) is 10.9 Å². The first-order chi connectivity index (χ1) is 9.88. The lowest BCUT2D eigenvalue weighted by Crippen LogP contribution is -2.32. The number of pyridine rings is 1. The van der Waals surface area contributed by atoms with Gasteiger partial charge in [0.05, 0.1) is 11.2 Å². The molecule has 1 aliphatic rings. The van der Waals surface area contributed by atoms with E-state index in [9.17, 15) is 13.2 Å². The Labute approximate surface area is 130 Å². The maximum Gasteiger partial charge on any atom is 0.228 e. The molecule has 1 atom stereocenters. The van der Waals surface area contributed by atoms with E-state index in [2.05, 4.69) is 20.9 Å². The van der Waals surface area contributed by atoms with E-state index < -0.39 is 15.3 Å². The maximum atomic E-state index is 12.1. The minimum absolute atomic E-state index is 0.0727. The SMILES string of the molecule is NS(=O)(=O)C1CC(=O)N(c2ccc(Br)c3ncccc23)C1. The number of carbonyl (C=O) groups is 1. The van der Waals surface area contributed by atoms with E-state index in [1.807, 2.05) is 6.07 Å². The summed E-state index contributed by atoms with van der Waals surface area (Å²) in [7, 11) is -3.73. The first-order valence-electron chi connectivity index (χ1n) is 6.23. The van der Waals surface area contributed by atoms with Crippen molar-refractivity contribution in [2.75, 3.05) is 11.4 Å². The van der Waals surface area contributed by atoms with E-state index in [0.29, 0.717) is 5.69 Å². The lowest BCUT2D eigenvalue weighted by atomic mass is 10.1. The van der Waals surface area contributed by atoms with Crippen LogP contribution in [0.2, 0.25) is 0 Å². The molecule has 2 N–H and O–H groups in total. The third-order valence-electron chi connectivity index (χ3n) is 3.54. The topological polar surface area (TPSA) is 93.4 Å². The van der Waals surface area contributed by atoms with Crippen LogP contribution in [0, 0.1) is 0 Å². The van der Waals surface area contributed by atoms with Gasteiger partial charge in [0.25, 0.3) is 0 Å². The Bertz CT molecular complexity index is 838. The van der Waals surface area contributed by atoms with Crippen LogP contribution in [-0.2, 0) is 14.8 Å². The summed E-state index contributed by atoms with van der Waals surface area (Å²) >= 11 is 3.42. The van der Waals surface area contributed by atoms with E-state index in [1.54, 1.807) is 24.4 Å². The fraction of sp³-hybridized carbons (Fsp3) is 0.231. The second-order valence-corrected chi connectivity index (χ2v) is 7.58. The van der Waals surface area contributed by atoms with Gasteiger partial charge in [-0.05, 0) is 40.2 Å². The molecule has 0 aliphatic carbocycles. The van der Waals surface area contributed by atoms with Crippen LogP contribution in [0.1, 0.15) is 6.42 Å². The number of halogens is 1. The minimum atomic E-state index is -3.73. The fourth-order valence-electron chi connectivity index (χ4n) is 2.49. The second kappa shape index (κ2) is 5.04. The number of sulfonamides is 1. The summed E-state index contributed by atoms with van der Waals surface area (Å²) in [6, 6.07) is 7.19. The molecule has 21 heavy (non-hydrogen) atoms. The maximum absolute atomic E-state index is 12.1. The number of rotatable bonds is 2. The first-order valence-corrected chi connectivity index (χ1v) is 8.63. The van der Waals surface area contributed by atoms with Gasteiger partial charge in [-0.1, -0.05) is 0 Å². The Morgan fingerprint density at radius 2 is 2.10 bits per heavy atom. The molecule has 6 nitrogen and oxygen atoms in total. The van der Waals surface area contributed by atoms with Gasteiger partial charge in [0.15, 0.2) is 0 Å². The van der Waals surface area contributed by atoms with Crippen molar-refractivity contribution in [1.29, 1.82) is 0 Å². The van der Waals surface area contributed by atoms with Crippen molar-refractivity contribution in [2.45, 2.75) is 11.7 Å². The van der Waals surface area contributed by atoms with E-state index in [4.69, 9.17) is 5.14 Å². The standard InChI is InChI=1S/C13H12BrN3O3S/c14-10-3-4-11(9-2-1-5-16-13(9)10)17-7-8(6-12(17)18)21(15,19)20/h1-5,8H,6-7H2,(H2,15,19,20). The number of amides is 1. The Morgan fingerprint density at radius 3 is 2.76 bits per heavy atom. The van der Waals surface area contributed by atoms with Gasteiger partial charge < -0.3 is 4.90 Å². The Hall–Kier alpha value is -1.51. The van der Waals surface area contributed by atoms with Gasteiger partial charge in [-0.15, -0.1) is 0 Å². The number of hydrogen-bond donors (Lipinski definition) is 1. The van der Waals surface area contributed by atoms with Crippen LogP contribution >= 0.6 is 15.9 Å². The zero-order valence-corrected chi connectivity index (χ0v) is 13.3. The Morgan fingerprint density at radius 1 is 1.33 bits per heavy atom. The zero-order chi connectivity index (χ0) is 15.2. The highest BCUT2D eigenvalue weighted by Gasteiger charge is 2.37. The quantitative estimate of drug-likeness (QED) is 0.865. The largest absolute Gasteiger partial charge is 0.310 e. The molecule has 2 aromatic rings. The van der Waals surface area contributed by atoms with E-state index >= 15 is 0 Å². The van der Waals surface area contributed by atoms with Gasteiger partial charge in [0, 0.05) is 29.0 Å². The monoisotopic (exact) mass is 369 g/mol. The number of nitrogens with two attached hydrogens (primary N) is 1. The van der Waals surface area contributed by atoms with E-state index in [-0.39, 0.29) is 18.9 Å². The molecule has 1 amide bonds. The zero-order valence-electron chi connectivity index (χ0n) is 10.9. The molecule has 1 fully saturated rings. The van der Waals surface area contributed by atoms with Crippen LogP contribution in [0.3, 0.4) is 0 Å². The molecule has 1 aliphatic heterocycles. The molecule has 1 aromatic heterocycles. The number of benzene rings is 1. The number of fused-ring (bicyclic) bond motifs is 1. The minimum Gasteiger partial charge on any atom is -0.310 e. The molecule has 1 unspecified atom stereocenters. The number of nitrogens with zero attached hydrogens (tertiary/aromatic N) is 2. The normalized spacial score (nSPS) is 19.4. The van der Waals surface area contributed by atoms with Gasteiger partial charge in [-0.3, -0.25) is 9.78 Å². The molecule has 3 rings (SSSR count). The van der Waals surface area contributed by atoms with Crippen LogP contribution in [0.4, 0.5) is 5.69 Å². The van der Waals surface area contributed by atoms with Gasteiger partial charge in [-0.2, -0.15) is 0 Å². The highest BCUT2D eigenvalue weighted by Crippen LogP contribution is 2.33. The molecule has 1 aromatic carbocycles. The van der Waals surface area contributed by atoms with Crippen molar-refractivity contribution >= 4 is 48.5 Å². The van der Waals surface area contributed by atoms with Crippen molar-refractivity contribution in [1.82, 2.24) is 4.98 Å². The number of anilines is 1. The predicted molar refractivity (Wildman–Crippen MR) is 83.3 cm³/mol. The van der Waals surface area contributed by atoms with Crippen molar-refractivity contribution in [3.8, 4) is 0 Å². The van der Waals surface area contributed by atoms with Gasteiger partial charge in [0.2, 0.25) is 15.9 Å². The summed E-state index contributed by atoms with van der Waals surface area (Å²) in [4.78, 5) is 17.9. The van der Waals surface area contributed by atoms with Crippen LogP contribution in [0.5, 0.6) is 0 Å². The fourth-order valence-corrected chi connectivity index (χ4v) is 3.67. The third-order valence-corrected chi connectivity index (χ3v) is 5.43. The molecule has 2 heterocycles. The van der Waals surface area contributed by atoms with Gasteiger partial charge >= 0.3 is 0 Å². The third kappa shape index (κ3) is 2.54. The summed E-state index contributed by atoms with van der Waals surface area (Å²) < 4.78 is 23.7. The highest BCUT2D eigenvalue weighted by atomic mass is 79.9. The molecule has 0 saturated carbocycles. The van der Waals surface area contributed by atoms with Crippen LogP contribution in [0.15, 0.2) is 34.9 Å². The molecule has 110 valence electrons. The lowest BCUT2D eigenvalue weighted by molar-refractivity contribution is -0.117. The number of primary sulfonamides is 1. The molecule has 8 heteroatoms. The van der Waals surface area contributed by atoms with E-state index in [0.717, 1.165) is 15.4 Å². The van der Waals surface area contributed by atoms with E-state index in [1.165, 1.54) is 4.90 Å². The summed E-state index contributed by atoms with van der Waals surface area (Å²) in [5.41, 5.74) is 1.37. The highest BCUT2D eigenvalue weighted by molar-refractivity contribution is 9.10. The summed E-state index contributed by atoms with van der Waals surface area (Å²) in [6.07, 6.45) is 1.58. The molecule has 0 bridgehead atoms. The van der Waals surface area contributed by atoms with Crippen molar-refractivity contribution in [3.05, 3.63) is 34.9 Å². The molecule has 0 spiro atoms. The summed E-state index contributed by atoms with van der Waals surface area (Å²) in [5.74, 6) is -0.249. The number of carbonyl (C=O) groups excluding carboxylic acids is 1. The first kappa shape index (κ1) is 14.4. The number of aromatic nitrogens is 1. The van der Waals surface area contributed by atoms with Crippen molar-refractivity contribution in [2.24, 2.45) is 5.14 Å². The Kier molecular flexibility index (Phi) is 3.46. The second-order valence-electron chi connectivity index (χ2n) is 4.89. The van der Waals surface area contributed by atoms with Crippen molar-refractivity contribution < 1.29 is 13.2 Å². The molecular weight excluding hydrogens is 358 g/mol. The average Bonchev–Trinajstić information content (AvgIpc) is 2.82. The summed E-state index contributed by atoms with van der Waals surface area (Å²) in [6.45, 7) is 0.0727. The molecule has 0 radical (unpaired) electrons. The Balaban J connectivity index is 2.10. The van der Waals surface area contributed by atoms with Gasteiger partial charge in [-0.25, -0.2) is 13.6 Å². The lowest BCUT2D eigenvalue weighted by Gasteiger charge is -2.18. The van der Waals surface area contributed by atoms with Crippen molar-refractivity contribution in [3.63, 3.8) is 0 Å². The smallest absolute Gasteiger partial charge is 0.228 e. The molecular formula is C13H12BrN3O3S. The number of hydrogen-bond acceptors (Lipinski definition) is 4. The van der Waals surface area contributed by atoms with Crippen LogP contribution < -0.4 is 10.0 Å². The van der Waals surface area contributed by atoms with Crippen LogP contribution in [-0.4, -0.2) is 31.1 Å². The summed E-state index contributed by atoms with van der Waals surface area (Å²) in [5, 5.41) is 5.08. The predicted octanol–water partition coefficient (Wildman–Crippen LogP) is 1.39. The average molecular weight is 370 g/mol. The van der Waals surface area contributed by atoms with Gasteiger partial charge in [0.1, 0.15) is 5.25 Å². The molecule has 1 saturated heterocycles.